The van der Waals surface area contributed by atoms with Gasteiger partial charge in [0.1, 0.15) is 23.1 Å². The molecular formula is C46H88N2O4Y2. The molecule has 5 N–H and O–H groups in total. The Labute approximate surface area is 386 Å². The van der Waals surface area contributed by atoms with E-state index in [4.69, 9.17) is 0 Å². The van der Waals surface area contributed by atoms with Gasteiger partial charge in [-0.1, -0.05) is 161 Å². The molecule has 5 aliphatic rings. The maximum absolute atomic E-state index is 11.4. The Hall–Kier alpha value is 0.0278. The number of hydrogen-bond acceptors (Lipinski definition) is 6. The van der Waals surface area contributed by atoms with Gasteiger partial charge in [-0.15, -0.1) is 0 Å². The molecule has 2 radical (unpaired) electrons. The van der Waals surface area contributed by atoms with Crippen molar-refractivity contribution < 1.29 is 84.6 Å². The van der Waals surface area contributed by atoms with Crippen LogP contribution in [0.25, 0.3) is 0 Å². The van der Waals surface area contributed by atoms with Gasteiger partial charge in [0.05, 0.1) is 0 Å². The molecule has 0 aliphatic heterocycles. The number of nitrogens with two attached hydrogens (primary N) is 1. The van der Waals surface area contributed by atoms with E-state index in [2.05, 4.69) is 72.4 Å². The fraction of sp³-hybridized carbons (Fsp3) is 0.783. The van der Waals surface area contributed by atoms with Crippen LogP contribution in [-0.2, 0) is 84.6 Å². The maximum Gasteiger partial charge on any atom is 0.134 e. The number of ketones is 4. The van der Waals surface area contributed by atoms with Crippen LogP contribution in [0.5, 0.6) is 0 Å². The molecule has 5 fully saturated rings. The molecule has 6 nitrogen and oxygen atoms in total. The summed E-state index contributed by atoms with van der Waals surface area (Å²) in [5.41, 5.74) is 8.56. The van der Waals surface area contributed by atoms with E-state index in [-0.39, 0.29) is 110 Å². The Kier molecular flexibility index (Phi) is 45.5. The van der Waals surface area contributed by atoms with Crippen LogP contribution >= 0.6 is 0 Å². The Morgan fingerprint density at radius 3 is 0.815 bits per heavy atom. The largest absolute Gasteiger partial charge is 0.344 e. The van der Waals surface area contributed by atoms with E-state index in [0.29, 0.717) is 0 Å². The number of benzene rings is 1. The summed E-state index contributed by atoms with van der Waals surface area (Å²) in [6.07, 6.45) is 20.8. The van der Waals surface area contributed by atoms with Crippen LogP contribution in [0.3, 0.4) is 0 Å². The van der Waals surface area contributed by atoms with E-state index < -0.39 is 23.7 Å². The molecule has 0 spiro atoms. The Bertz CT molecular complexity index is 954. The van der Waals surface area contributed by atoms with Gasteiger partial charge in [-0.2, -0.15) is 0 Å². The summed E-state index contributed by atoms with van der Waals surface area (Å²) in [5.74, 6) is 0.831. The minimum atomic E-state index is -0.594. The van der Waals surface area contributed by atoms with Crippen molar-refractivity contribution in [1.82, 2.24) is 6.15 Å². The summed E-state index contributed by atoms with van der Waals surface area (Å²) < 4.78 is 0. The van der Waals surface area contributed by atoms with Crippen molar-refractivity contribution in [2.75, 3.05) is 7.05 Å². The minimum Gasteiger partial charge on any atom is -0.344 e. The van der Waals surface area contributed by atoms with Crippen LogP contribution < -0.4 is 11.9 Å². The number of hydrogen-bond donors (Lipinski definition) is 2. The number of aryl methyl sites for hydroxylation is 3. The van der Waals surface area contributed by atoms with Crippen LogP contribution in [0, 0.1) is 68.1 Å². The van der Waals surface area contributed by atoms with Crippen LogP contribution in [-0.4, -0.2) is 30.2 Å². The van der Waals surface area contributed by atoms with Crippen molar-refractivity contribution >= 4 is 23.1 Å². The van der Waals surface area contributed by atoms with Gasteiger partial charge in [0.2, 0.25) is 0 Å². The first-order chi connectivity index (χ1) is 23.1. The summed E-state index contributed by atoms with van der Waals surface area (Å²) >= 11 is 0. The maximum atomic E-state index is 11.4. The number of carbonyl (C=O) groups is 4. The fourth-order valence-electron chi connectivity index (χ4n) is 7.41. The quantitative estimate of drug-likeness (QED) is 0.303. The normalized spacial score (nSPS) is 25.6. The van der Waals surface area contributed by atoms with Crippen molar-refractivity contribution in [3.63, 3.8) is 0 Å². The molecule has 4 unspecified atom stereocenters. The molecule has 6 rings (SSSR count). The monoisotopic (exact) mass is 910 g/mol. The molecule has 1 aromatic carbocycles. The minimum absolute atomic E-state index is 0. The van der Waals surface area contributed by atoms with Crippen molar-refractivity contribution in [2.24, 2.45) is 53.1 Å². The van der Waals surface area contributed by atoms with Gasteiger partial charge in [0.15, 0.2) is 0 Å². The van der Waals surface area contributed by atoms with Gasteiger partial charge < -0.3 is 11.9 Å². The SMILES string of the molecule is C.C.C1CCC1.C1CCC1.C1CCC1.CC(=O)C1C(C(C)=O)C(C(C)=O)C1C(C)=O.CCC1C(C)CC(C)C1C.CN.Cc1cc(C)cc(C)c1.N.[Y].[Y]. The van der Waals surface area contributed by atoms with Crippen LogP contribution in [0.4, 0.5) is 0 Å². The zero-order valence-corrected chi connectivity index (χ0v) is 41.5. The fourth-order valence-corrected chi connectivity index (χ4v) is 7.41. The van der Waals surface area contributed by atoms with Crippen LogP contribution in [0.1, 0.15) is 177 Å². The van der Waals surface area contributed by atoms with E-state index in [1.165, 1.54) is 141 Å². The van der Waals surface area contributed by atoms with E-state index >= 15 is 0 Å². The Morgan fingerprint density at radius 1 is 0.519 bits per heavy atom. The summed E-state index contributed by atoms with van der Waals surface area (Å²) in [4.78, 5) is 45.6. The molecule has 4 atom stereocenters. The van der Waals surface area contributed by atoms with Crippen LogP contribution in [0.15, 0.2) is 18.2 Å². The van der Waals surface area contributed by atoms with E-state index in [1.54, 1.807) is 0 Å². The third-order valence-electron chi connectivity index (χ3n) is 11.3. The van der Waals surface area contributed by atoms with Gasteiger partial charge in [-0.3, -0.25) is 19.2 Å². The molecule has 1 aromatic rings. The molecular weight excluding hydrogens is 822 g/mol. The summed E-state index contributed by atoms with van der Waals surface area (Å²) in [5, 5.41) is 0. The zero-order valence-electron chi connectivity index (χ0n) is 35.8. The second-order valence-corrected chi connectivity index (χ2v) is 15.6. The summed E-state index contributed by atoms with van der Waals surface area (Å²) in [7, 11) is 1.50. The smallest absolute Gasteiger partial charge is 0.134 e. The average Bonchev–Trinajstić information content (AvgIpc) is 3.10. The van der Waals surface area contributed by atoms with Crippen LogP contribution in [0.2, 0.25) is 0 Å². The predicted octanol–water partition coefficient (Wildman–Crippen LogP) is 12.4. The Morgan fingerprint density at radius 2 is 0.722 bits per heavy atom. The first kappa shape index (κ1) is 65.9. The van der Waals surface area contributed by atoms with Crippen molar-refractivity contribution in [1.29, 1.82) is 0 Å². The standard InChI is InChI=1S/C12H16O4.C10H20.C9H12.3C4H8.CH5N.2CH4.H3N.2Y/c1-5(13)9-10(6(2)14)12(8(4)16)11(9)7(3)15;1-5-10-8(3)6-7(2)9(10)4;1-7-4-8(2)6-9(3)5-7;3*1-2-4-3-1;1-2;;;;;/h9-12H,1-4H3;7-10H,5-6H2,1-4H3;4-6H,1-3H3;3*1-4H2;2H2,1H3;2*1H4;1H3;;. The van der Waals surface area contributed by atoms with E-state index in [0.717, 1.165) is 23.7 Å². The second kappa shape index (κ2) is 37.3. The van der Waals surface area contributed by atoms with Crippen molar-refractivity contribution in [3.8, 4) is 0 Å². The molecule has 8 heteroatoms. The molecule has 0 heterocycles. The first-order valence-corrected chi connectivity index (χ1v) is 19.8. The molecule has 0 aromatic heterocycles. The van der Waals surface area contributed by atoms with Gasteiger partial charge in [0.25, 0.3) is 0 Å². The molecule has 54 heavy (non-hydrogen) atoms. The predicted molar refractivity (Wildman–Crippen MR) is 227 cm³/mol. The van der Waals surface area contributed by atoms with E-state index in [9.17, 15) is 19.2 Å². The van der Waals surface area contributed by atoms with Gasteiger partial charge >= 0.3 is 0 Å². The Balaban J connectivity index is -0.000000133. The van der Waals surface area contributed by atoms with Gasteiger partial charge in [-0.25, -0.2) is 0 Å². The molecule has 5 aliphatic carbocycles. The third kappa shape index (κ3) is 24.7. The van der Waals surface area contributed by atoms with Crippen molar-refractivity contribution in [2.45, 2.75) is 181 Å². The zero-order chi connectivity index (χ0) is 37.7. The molecule has 0 amide bonds. The summed E-state index contributed by atoms with van der Waals surface area (Å²) in [6, 6.07) is 6.56. The average molecular weight is 911 g/mol. The van der Waals surface area contributed by atoms with Gasteiger partial charge in [0, 0.05) is 89.1 Å². The first-order valence-electron chi connectivity index (χ1n) is 19.8. The van der Waals surface area contributed by atoms with E-state index in [1.807, 2.05) is 0 Å². The topological polar surface area (TPSA) is 129 Å². The number of carbonyl (C=O) groups excluding carboxylic acids is 4. The molecule has 0 saturated heterocycles. The molecule has 312 valence electrons. The third-order valence-corrected chi connectivity index (χ3v) is 11.3. The molecule has 5 saturated carbocycles. The van der Waals surface area contributed by atoms with Crippen molar-refractivity contribution in [3.05, 3.63) is 34.9 Å². The van der Waals surface area contributed by atoms with Gasteiger partial charge in [-0.05, 0) is 85.6 Å². The number of Topliss-reactive ketones (excluding diaryl/α,β-unsaturated/α-hetero) is 4. The summed E-state index contributed by atoms with van der Waals surface area (Å²) in [6.45, 7) is 21.4. The molecule has 0 bridgehead atoms. The number of rotatable bonds is 5. The second-order valence-electron chi connectivity index (χ2n) is 15.6.